The van der Waals surface area contributed by atoms with Gasteiger partial charge in [0.15, 0.2) is 0 Å². The number of aliphatic hydroxyl groups is 1. The molecule has 4 rings (SSSR count). The monoisotopic (exact) mass is 669 g/mol. The van der Waals surface area contributed by atoms with Crippen LogP contribution in [-0.2, 0) is 36.4 Å². The Hall–Kier alpha value is -4.16. The summed E-state index contributed by atoms with van der Waals surface area (Å²) >= 11 is 0. The number of carbonyl (C=O) groups excluding carboxylic acids is 1. The van der Waals surface area contributed by atoms with Crippen molar-refractivity contribution in [2.75, 3.05) is 16.4 Å². The van der Waals surface area contributed by atoms with Crippen molar-refractivity contribution in [2.45, 2.75) is 83.4 Å². The predicted molar refractivity (Wildman–Crippen MR) is 142 cm³/mol. The smallest absolute Gasteiger partial charge is 0.433 e. The summed E-state index contributed by atoms with van der Waals surface area (Å²) in [5, 5.41) is 20.9. The Morgan fingerprint density at radius 2 is 1.65 bits per heavy atom. The van der Waals surface area contributed by atoms with E-state index in [1.807, 2.05) is 0 Å². The molecule has 2 atom stereocenters. The lowest BCUT2D eigenvalue weighted by atomic mass is 9.91. The molecule has 1 N–H and O–H groups in total. The van der Waals surface area contributed by atoms with Crippen LogP contribution in [0.1, 0.15) is 67.7 Å². The topological polar surface area (TPSA) is 110 Å². The number of hydrogen-bond donors (Lipinski definition) is 1. The third-order valence-corrected chi connectivity index (χ3v) is 7.01. The molecular weight excluding hydrogens is 641 g/mol. The van der Waals surface area contributed by atoms with Crippen LogP contribution in [0.25, 0.3) is 0 Å². The second kappa shape index (κ2) is 12.9. The number of amides is 1. The lowest BCUT2D eigenvalue weighted by Gasteiger charge is -2.43. The molecule has 3 heterocycles. The molecule has 1 aliphatic heterocycles. The Morgan fingerprint density at radius 1 is 1.02 bits per heavy atom. The summed E-state index contributed by atoms with van der Waals surface area (Å²) in [6, 6.07) is 0.460. The fourth-order valence-electron chi connectivity index (χ4n) is 5.04. The zero-order valence-electron chi connectivity index (χ0n) is 24.5. The number of hydrogen-bond acceptors (Lipinski definition) is 8. The first-order valence-electron chi connectivity index (χ1n) is 13.8. The highest BCUT2D eigenvalue weighted by Gasteiger charge is 2.44. The minimum absolute atomic E-state index is 0.0536. The number of fused-ring (bicyclic) bond motifs is 1. The molecule has 10 nitrogen and oxygen atoms in total. The summed E-state index contributed by atoms with van der Waals surface area (Å²) in [5.74, 6) is -0.386. The standard InChI is InChI=1S/C27H28F9N7O3/c1-4-18-12-20(22-19(43(18)24(45)46-14(2)3)5-6-21(37-22)27(34,35)36)41(23-38-40-42(39-23)7-8-44)13-15-9-16(25(28,29)30)11-17(10-15)26(31,32)33/h5-6,9-11,14,18,20,44H,4,7-8,12-13H2,1-3H3/t18-,20-/m0/s1. The summed E-state index contributed by atoms with van der Waals surface area (Å²) in [6.45, 7) is 3.35. The van der Waals surface area contributed by atoms with Gasteiger partial charge in [0.2, 0.25) is 0 Å². The van der Waals surface area contributed by atoms with E-state index in [1.165, 1.54) is 0 Å². The maximum atomic E-state index is 13.9. The Bertz CT molecular complexity index is 1510. The summed E-state index contributed by atoms with van der Waals surface area (Å²) < 4.78 is 129. The number of anilines is 2. The van der Waals surface area contributed by atoms with Crippen molar-refractivity contribution in [3.8, 4) is 0 Å². The number of aliphatic hydroxyl groups excluding tert-OH is 1. The number of pyridine rings is 1. The van der Waals surface area contributed by atoms with Crippen LogP contribution in [0.2, 0.25) is 0 Å². The van der Waals surface area contributed by atoms with Gasteiger partial charge in [0, 0.05) is 12.6 Å². The molecule has 2 aromatic heterocycles. The number of rotatable bonds is 8. The molecular formula is C27H28F9N7O3. The summed E-state index contributed by atoms with van der Waals surface area (Å²) in [7, 11) is 0. The van der Waals surface area contributed by atoms with Crippen LogP contribution in [0.5, 0.6) is 0 Å². The molecule has 0 fully saturated rings. The fourth-order valence-corrected chi connectivity index (χ4v) is 5.04. The van der Waals surface area contributed by atoms with E-state index in [0.717, 1.165) is 20.7 Å². The third kappa shape index (κ3) is 7.61. The number of alkyl halides is 9. The highest BCUT2D eigenvalue weighted by atomic mass is 19.4. The van der Waals surface area contributed by atoms with Gasteiger partial charge in [-0.3, -0.25) is 4.90 Å². The molecule has 0 spiro atoms. The average Bonchev–Trinajstić information content (AvgIpc) is 3.41. The van der Waals surface area contributed by atoms with Gasteiger partial charge in [-0.25, -0.2) is 9.78 Å². The van der Waals surface area contributed by atoms with Gasteiger partial charge in [0.05, 0.1) is 47.8 Å². The Balaban J connectivity index is 1.95. The van der Waals surface area contributed by atoms with Gasteiger partial charge in [-0.1, -0.05) is 12.0 Å². The average molecular weight is 670 g/mol. The lowest BCUT2D eigenvalue weighted by molar-refractivity contribution is -0.143. The number of nitrogens with zero attached hydrogens (tertiary/aromatic N) is 7. The molecule has 252 valence electrons. The SMILES string of the molecule is CC[C@H]1C[C@H](N(Cc2cc(C(F)(F)F)cc(C(F)(F)F)c2)c2nnn(CCO)n2)c2nc(C(F)(F)F)ccc2N1C(=O)OC(C)C. The van der Waals surface area contributed by atoms with Gasteiger partial charge in [-0.2, -0.15) is 44.3 Å². The van der Waals surface area contributed by atoms with Crippen LogP contribution in [0, 0.1) is 0 Å². The molecule has 46 heavy (non-hydrogen) atoms. The Kier molecular flexibility index (Phi) is 9.75. The number of ether oxygens (including phenoxy) is 1. The third-order valence-electron chi connectivity index (χ3n) is 7.01. The molecule has 1 amide bonds. The molecule has 0 saturated carbocycles. The van der Waals surface area contributed by atoms with Crippen molar-refractivity contribution in [3.63, 3.8) is 0 Å². The minimum Gasteiger partial charge on any atom is -0.446 e. The van der Waals surface area contributed by atoms with Crippen LogP contribution in [0.3, 0.4) is 0 Å². The summed E-state index contributed by atoms with van der Waals surface area (Å²) in [5.41, 5.74) is -5.59. The zero-order valence-corrected chi connectivity index (χ0v) is 24.5. The van der Waals surface area contributed by atoms with E-state index in [2.05, 4.69) is 20.4 Å². The van der Waals surface area contributed by atoms with Crippen molar-refractivity contribution in [1.82, 2.24) is 25.2 Å². The Labute approximate surface area is 255 Å². The van der Waals surface area contributed by atoms with Gasteiger partial charge < -0.3 is 14.7 Å². The van der Waals surface area contributed by atoms with E-state index < -0.39 is 78.3 Å². The quantitative estimate of drug-likeness (QED) is 0.275. The zero-order chi connectivity index (χ0) is 34.2. The van der Waals surface area contributed by atoms with E-state index >= 15 is 0 Å². The van der Waals surface area contributed by atoms with Crippen molar-refractivity contribution in [1.29, 1.82) is 0 Å². The molecule has 0 unspecified atom stereocenters. The second-order valence-electron chi connectivity index (χ2n) is 10.7. The molecule has 0 radical (unpaired) electrons. The fraction of sp³-hybridized carbons (Fsp3) is 0.519. The Morgan fingerprint density at radius 3 is 2.17 bits per heavy atom. The van der Waals surface area contributed by atoms with Gasteiger partial charge in [0.25, 0.3) is 5.95 Å². The van der Waals surface area contributed by atoms with Gasteiger partial charge in [0.1, 0.15) is 5.69 Å². The minimum atomic E-state index is -5.17. The van der Waals surface area contributed by atoms with Crippen molar-refractivity contribution in [2.24, 2.45) is 0 Å². The van der Waals surface area contributed by atoms with Crippen molar-refractivity contribution in [3.05, 3.63) is 58.4 Å². The van der Waals surface area contributed by atoms with Crippen molar-refractivity contribution >= 4 is 17.7 Å². The highest BCUT2D eigenvalue weighted by Crippen LogP contribution is 2.44. The number of halogens is 9. The molecule has 0 saturated heterocycles. The second-order valence-corrected chi connectivity index (χ2v) is 10.7. The molecule has 1 aromatic carbocycles. The van der Waals surface area contributed by atoms with Crippen LogP contribution in [0.4, 0.5) is 55.9 Å². The lowest BCUT2D eigenvalue weighted by Crippen LogP contribution is -2.49. The van der Waals surface area contributed by atoms with Crippen molar-refractivity contribution < 1.29 is 54.2 Å². The summed E-state index contributed by atoms with van der Waals surface area (Å²) in [6.07, 6.45) is -16.8. The normalized spacial score (nSPS) is 17.3. The first kappa shape index (κ1) is 34.7. The predicted octanol–water partition coefficient (Wildman–Crippen LogP) is 6.40. The number of tetrazole rings is 1. The number of benzene rings is 1. The van der Waals surface area contributed by atoms with E-state index in [1.54, 1.807) is 20.8 Å². The van der Waals surface area contributed by atoms with Gasteiger partial charge >= 0.3 is 24.6 Å². The van der Waals surface area contributed by atoms with E-state index in [4.69, 9.17) is 4.74 Å². The molecule has 0 aliphatic carbocycles. The molecule has 19 heteroatoms. The van der Waals surface area contributed by atoms with Crippen LogP contribution < -0.4 is 9.80 Å². The van der Waals surface area contributed by atoms with Crippen LogP contribution in [0.15, 0.2) is 30.3 Å². The number of aromatic nitrogens is 5. The number of carbonyl (C=O) groups is 1. The summed E-state index contributed by atoms with van der Waals surface area (Å²) in [4.78, 5) is 20.1. The maximum Gasteiger partial charge on any atom is 0.433 e. The molecule has 0 bridgehead atoms. The van der Waals surface area contributed by atoms with Gasteiger partial charge in [-0.05, 0) is 67.8 Å². The van der Waals surface area contributed by atoms with E-state index in [9.17, 15) is 49.4 Å². The van der Waals surface area contributed by atoms with E-state index in [0.29, 0.717) is 18.2 Å². The van der Waals surface area contributed by atoms with E-state index in [-0.39, 0.29) is 42.8 Å². The first-order valence-corrected chi connectivity index (χ1v) is 13.8. The van der Waals surface area contributed by atoms with Crippen LogP contribution >= 0.6 is 0 Å². The van der Waals surface area contributed by atoms with Gasteiger partial charge in [-0.15, -0.1) is 5.10 Å². The highest BCUT2D eigenvalue weighted by molar-refractivity contribution is 5.90. The first-order chi connectivity index (χ1) is 21.3. The molecule has 1 aliphatic rings. The maximum absolute atomic E-state index is 13.9. The molecule has 3 aromatic rings. The van der Waals surface area contributed by atoms with Crippen LogP contribution in [-0.4, -0.2) is 55.1 Å². The largest absolute Gasteiger partial charge is 0.446 e.